The lowest BCUT2D eigenvalue weighted by atomic mass is 9.95. The molecule has 2 unspecified atom stereocenters. The van der Waals surface area contributed by atoms with Crippen LogP contribution in [0.3, 0.4) is 0 Å². The molecule has 1 aromatic carbocycles. The zero-order valence-electron chi connectivity index (χ0n) is 12.1. The van der Waals surface area contributed by atoms with Gasteiger partial charge in [0, 0.05) is 0 Å². The summed E-state index contributed by atoms with van der Waals surface area (Å²) in [5, 5.41) is 11.8. The lowest BCUT2D eigenvalue weighted by Crippen LogP contribution is -2.42. The summed E-state index contributed by atoms with van der Waals surface area (Å²) in [5.41, 5.74) is 0.923. The van der Waals surface area contributed by atoms with Crippen molar-refractivity contribution in [1.82, 2.24) is 5.32 Å². The van der Waals surface area contributed by atoms with E-state index in [0.717, 1.165) is 18.4 Å². The maximum absolute atomic E-state index is 12.3. The molecular formula is C16H23NO3. The van der Waals surface area contributed by atoms with Gasteiger partial charge in [-0.3, -0.25) is 4.79 Å². The van der Waals surface area contributed by atoms with Crippen LogP contribution in [0.4, 0.5) is 0 Å². The minimum atomic E-state index is -0.963. The topological polar surface area (TPSA) is 66.4 Å². The van der Waals surface area contributed by atoms with E-state index >= 15 is 0 Å². The highest BCUT2D eigenvalue weighted by atomic mass is 16.4. The van der Waals surface area contributed by atoms with Gasteiger partial charge in [-0.15, -0.1) is 0 Å². The Morgan fingerprint density at radius 3 is 2.35 bits per heavy atom. The Morgan fingerprint density at radius 1 is 1.20 bits per heavy atom. The van der Waals surface area contributed by atoms with Crippen molar-refractivity contribution < 1.29 is 14.7 Å². The summed E-state index contributed by atoms with van der Waals surface area (Å²) in [7, 11) is 0. The summed E-state index contributed by atoms with van der Waals surface area (Å²) < 4.78 is 0. The second kappa shape index (κ2) is 8.35. The maximum Gasteiger partial charge on any atom is 0.326 e. The summed E-state index contributed by atoms with van der Waals surface area (Å²) >= 11 is 0. The molecule has 0 radical (unpaired) electrons. The van der Waals surface area contributed by atoms with E-state index in [0.29, 0.717) is 12.8 Å². The second-order valence-electron chi connectivity index (χ2n) is 4.91. The molecule has 20 heavy (non-hydrogen) atoms. The SMILES string of the molecule is CCCCC(NC(=O)C(CC)c1ccccc1)C(=O)O. The quantitative estimate of drug-likeness (QED) is 0.767. The Hall–Kier alpha value is -1.84. The second-order valence-corrected chi connectivity index (χ2v) is 4.91. The predicted octanol–water partition coefficient (Wildman–Crippen LogP) is 2.94. The van der Waals surface area contributed by atoms with Crippen LogP contribution >= 0.6 is 0 Å². The van der Waals surface area contributed by atoms with Crippen molar-refractivity contribution >= 4 is 11.9 Å². The number of benzene rings is 1. The minimum absolute atomic E-state index is 0.206. The molecule has 2 N–H and O–H groups in total. The maximum atomic E-state index is 12.3. The monoisotopic (exact) mass is 277 g/mol. The van der Waals surface area contributed by atoms with E-state index in [2.05, 4.69) is 5.32 Å². The molecule has 0 aromatic heterocycles. The van der Waals surface area contributed by atoms with E-state index in [9.17, 15) is 9.59 Å². The number of hydrogen-bond acceptors (Lipinski definition) is 2. The third kappa shape index (κ3) is 4.68. The molecule has 0 saturated heterocycles. The van der Waals surface area contributed by atoms with Gasteiger partial charge >= 0.3 is 5.97 Å². The molecule has 0 aliphatic rings. The highest BCUT2D eigenvalue weighted by Gasteiger charge is 2.24. The first kappa shape index (κ1) is 16.2. The van der Waals surface area contributed by atoms with Crippen molar-refractivity contribution in [3.63, 3.8) is 0 Å². The van der Waals surface area contributed by atoms with Crippen molar-refractivity contribution in [1.29, 1.82) is 0 Å². The predicted molar refractivity (Wildman–Crippen MR) is 78.6 cm³/mol. The fraction of sp³-hybridized carbons (Fsp3) is 0.500. The molecule has 1 rings (SSSR count). The molecule has 0 spiro atoms. The number of rotatable bonds is 8. The van der Waals surface area contributed by atoms with Crippen LogP contribution in [0, 0.1) is 0 Å². The van der Waals surface area contributed by atoms with Crippen LogP contribution in [0.2, 0.25) is 0 Å². The van der Waals surface area contributed by atoms with E-state index in [1.165, 1.54) is 0 Å². The number of hydrogen-bond donors (Lipinski definition) is 2. The summed E-state index contributed by atoms with van der Waals surface area (Å²) in [6.45, 7) is 3.93. The number of carboxylic acids is 1. The fourth-order valence-electron chi connectivity index (χ4n) is 2.20. The molecule has 0 aliphatic heterocycles. The van der Waals surface area contributed by atoms with Gasteiger partial charge in [0.25, 0.3) is 0 Å². The number of carbonyl (C=O) groups is 2. The lowest BCUT2D eigenvalue weighted by molar-refractivity contribution is -0.142. The van der Waals surface area contributed by atoms with Crippen molar-refractivity contribution in [2.24, 2.45) is 0 Å². The molecule has 0 saturated carbocycles. The molecule has 2 atom stereocenters. The number of carbonyl (C=O) groups excluding carboxylic acids is 1. The average Bonchev–Trinajstić information content (AvgIpc) is 2.45. The zero-order valence-corrected chi connectivity index (χ0v) is 12.1. The normalized spacial score (nSPS) is 13.5. The third-order valence-corrected chi connectivity index (χ3v) is 3.39. The third-order valence-electron chi connectivity index (χ3n) is 3.39. The summed E-state index contributed by atoms with van der Waals surface area (Å²) in [6, 6.07) is 8.68. The first-order valence-electron chi connectivity index (χ1n) is 7.18. The van der Waals surface area contributed by atoms with Gasteiger partial charge in [0.15, 0.2) is 0 Å². The van der Waals surface area contributed by atoms with E-state index in [1.54, 1.807) is 0 Å². The highest BCUT2D eigenvalue weighted by Crippen LogP contribution is 2.19. The van der Waals surface area contributed by atoms with Gasteiger partial charge in [0.2, 0.25) is 5.91 Å². The summed E-state index contributed by atoms with van der Waals surface area (Å²) in [5.74, 6) is -1.46. The number of amides is 1. The number of nitrogens with one attached hydrogen (secondary N) is 1. The Labute approximate surface area is 120 Å². The average molecular weight is 277 g/mol. The number of unbranched alkanes of at least 4 members (excludes halogenated alkanes) is 1. The van der Waals surface area contributed by atoms with Crippen molar-refractivity contribution in [3.8, 4) is 0 Å². The first-order chi connectivity index (χ1) is 9.60. The van der Waals surface area contributed by atoms with E-state index in [4.69, 9.17) is 5.11 Å². The molecule has 4 nitrogen and oxygen atoms in total. The van der Waals surface area contributed by atoms with Crippen LogP contribution in [0.5, 0.6) is 0 Å². The first-order valence-corrected chi connectivity index (χ1v) is 7.18. The van der Waals surface area contributed by atoms with E-state index in [-0.39, 0.29) is 11.8 Å². The Bertz CT molecular complexity index is 431. The summed E-state index contributed by atoms with van der Waals surface area (Å²) in [4.78, 5) is 23.5. The zero-order chi connectivity index (χ0) is 15.0. The molecule has 1 aromatic rings. The van der Waals surface area contributed by atoms with Gasteiger partial charge in [0.05, 0.1) is 5.92 Å². The molecule has 4 heteroatoms. The molecule has 0 aliphatic carbocycles. The van der Waals surface area contributed by atoms with Crippen molar-refractivity contribution in [2.75, 3.05) is 0 Å². The smallest absolute Gasteiger partial charge is 0.326 e. The van der Waals surface area contributed by atoms with Gasteiger partial charge < -0.3 is 10.4 Å². The standard InChI is InChI=1S/C16H23NO3/c1-3-5-11-14(16(19)20)17-15(18)13(4-2)12-9-7-6-8-10-12/h6-10,13-14H,3-5,11H2,1-2H3,(H,17,18)(H,19,20). The van der Waals surface area contributed by atoms with Crippen LogP contribution in [0.25, 0.3) is 0 Å². The van der Waals surface area contributed by atoms with Gasteiger partial charge in [-0.05, 0) is 18.4 Å². The van der Waals surface area contributed by atoms with Gasteiger partial charge in [0.1, 0.15) is 6.04 Å². The van der Waals surface area contributed by atoms with Crippen LogP contribution in [0.15, 0.2) is 30.3 Å². The molecule has 0 heterocycles. The molecule has 1 amide bonds. The van der Waals surface area contributed by atoms with Crippen molar-refractivity contribution in [2.45, 2.75) is 51.5 Å². The van der Waals surface area contributed by atoms with E-state index < -0.39 is 12.0 Å². The molecular weight excluding hydrogens is 254 g/mol. The fourth-order valence-corrected chi connectivity index (χ4v) is 2.20. The number of aliphatic carboxylic acids is 1. The molecule has 0 fully saturated rings. The lowest BCUT2D eigenvalue weighted by Gasteiger charge is -2.19. The van der Waals surface area contributed by atoms with Gasteiger partial charge in [-0.2, -0.15) is 0 Å². The number of carboxylic acid groups (broad SMARTS) is 1. The Kier molecular flexibility index (Phi) is 6.77. The Balaban J connectivity index is 2.73. The van der Waals surface area contributed by atoms with Crippen LogP contribution in [-0.4, -0.2) is 23.0 Å². The molecule has 110 valence electrons. The van der Waals surface area contributed by atoms with Crippen molar-refractivity contribution in [3.05, 3.63) is 35.9 Å². The highest BCUT2D eigenvalue weighted by molar-refractivity contribution is 5.88. The summed E-state index contributed by atoms with van der Waals surface area (Å²) in [6.07, 6.45) is 2.83. The van der Waals surface area contributed by atoms with Gasteiger partial charge in [-0.25, -0.2) is 4.79 Å². The van der Waals surface area contributed by atoms with Crippen LogP contribution in [-0.2, 0) is 9.59 Å². The Morgan fingerprint density at radius 2 is 1.85 bits per heavy atom. The molecule has 0 bridgehead atoms. The van der Waals surface area contributed by atoms with Gasteiger partial charge in [-0.1, -0.05) is 57.0 Å². The largest absolute Gasteiger partial charge is 0.480 e. The minimum Gasteiger partial charge on any atom is -0.480 e. The van der Waals surface area contributed by atoms with E-state index in [1.807, 2.05) is 44.2 Å². The van der Waals surface area contributed by atoms with Crippen LogP contribution < -0.4 is 5.32 Å². The van der Waals surface area contributed by atoms with Crippen LogP contribution in [0.1, 0.15) is 51.0 Å².